The molecule has 0 saturated carbocycles. The number of ether oxygens (including phenoxy) is 1. The van der Waals surface area contributed by atoms with Crippen molar-refractivity contribution in [1.82, 2.24) is 9.80 Å². The zero-order chi connectivity index (χ0) is 15.6. The fourth-order valence-corrected chi connectivity index (χ4v) is 3.71. The number of para-hydroxylation sites is 1. The number of aliphatic hydroxyl groups is 1. The first kappa shape index (κ1) is 15.8. The van der Waals surface area contributed by atoms with Gasteiger partial charge in [-0.3, -0.25) is 4.90 Å². The Balaban J connectivity index is 1.59. The molecule has 0 unspecified atom stereocenters. The number of likely N-dealkylation sites (tertiary alicyclic amines) is 2. The Bertz CT molecular complexity index is 469. The number of β-amino-alcohol motifs (C(OH)–C–C–N with tert-alkyl or cyclic N) is 1. The zero-order valence-corrected chi connectivity index (χ0v) is 13.7. The highest BCUT2D eigenvalue weighted by atomic mass is 16.5. The van der Waals surface area contributed by atoms with E-state index in [2.05, 4.69) is 16.8 Å². The van der Waals surface area contributed by atoms with Gasteiger partial charge in [0, 0.05) is 19.1 Å². The molecule has 2 saturated heterocycles. The second-order valence-corrected chi connectivity index (χ2v) is 7.07. The van der Waals surface area contributed by atoms with Crippen LogP contribution in [0.15, 0.2) is 30.3 Å². The summed E-state index contributed by atoms with van der Waals surface area (Å²) in [6, 6.07) is 10.4. The SMILES string of the molecule is CN1CCC(N2CC[C@H](Oc3ccccc3)[C@@](C)(O)C2)CC1. The highest BCUT2D eigenvalue weighted by molar-refractivity contribution is 5.22. The van der Waals surface area contributed by atoms with Crippen LogP contribution in [0.5, 0.6) is 5.75 Å². The summed E-state index contributed by atoms with van der Waals surface area (Å²) in [4.78, 5) is 4.86. The third kappa shape index (κ3) is 3.62. The normalized spacial score (nSPS) is 32.0. The van der Waals surface area contributed by atoms with Crippen molar-refractivity contribution in [3.05, 3.63) is 30.3 Å². The molecule has 3 rings (SSSR count). The van der Waals surface area contributed by atoms with E-state index in [-0.39, 0.29) is 6.10 Å². The molecular formula is C18H28N2O2. The van der Waals surface area contributed by atoms with Gasteiger partial charge in [-0.2, -0.15) is 0 Å². The van der Waals surface area contributed by atoms with E-state index in [1.807, 2.05) is 37.3 Å². The van der Waals surface area contributed by atoms with Gasteiger partial charge in [-0.05, 0) is 58.5 Å². The van der Waals surface area contributed by atoms with E-state index in [9.17, 15) is 5.11 Å². The maximum Gasteiger partial charge on any atom is 0.129 e. The molecular weight excluding hydrogens is 276 g/mol. The lowest BCUT2D eigenvalue weighted by atomic mass is 9.89. The summed E-state index contributed by atoms with van der Waals surface area (Å²) in [6.45, 7) is 5.96. The van der Waals surface area contributed by atoms with Crippen molar-refractivity contribution in [2.45, 2.75) is 43.9 Å². The molecule has 0 aromatic heterocycles. The molecule has 2 aliphatic heterocycles. The van der Waals surface area contributed by atoms with Crippen LogP contribution in [0.25, 0.3) is 0 Å². The van der Waals surface area contributed by atoms with E-state index in [1.165, 1.54) is 12.8 Å². The van der Waals surface area contributed by atoms with Gasteiger partial charge in [0.05, 0.1) is 0 Å². The molecule has 2 fully saturated rings. The monoisotopic (exact) mass is 304 g/mol. The fraction of sp³-hybridized carbons (Fsp3) is 0.667. The van der Waals surface area contributed by atoms with Crippen molar-refractivity contribution in [2.24, 2.45) is 0 Å². The standard InChI is InChI=1S/C18H28N2O2/c1-18(21)14-20(15-8-11-19(2)12-9-15)13-10-17(18)22-16-6-4-3-5-7-16/h3-7,15,17,21H,8-14H2,1-2H3/t17-,18-/m0/s1. The summed E-state index contributed by atoms with van der Waals surface area (Å²) in [5.41, 5.74) is -0.794. The van der Waals surface area contributed by atoms with Gasteiger partial charge in [-0.1, -0.05) is 18.2 Å². The van der Waals surface area contributed by atoms with E-state index in [4.69, 9.17) is 4.74 Å². The Morgan fingerprint density at radius 2 is 1.77 bits per heavy atom. The highest BCUT2D eigenvalue weighted by Crippen LogP contribution is 2.29. The minimum atomic E-state index is -0.794. The first-order valence-electron chi connectivity index (χ1n) is 8.41. The predicted octanol–water partition coefficient (Wildman–Crippen LogP) is 1.98. The van der Waals surface area contributed by atoms with Crippen LogP contribution in [0, 0.1) is 0 Å². The molecule has 2 atom stereocenters. The van der Waals surface area contributed by atoms with Crippen LogP contribution < -0.4 is 4.74 Å². The van der Waals surface area contributed by atoms with Crippen molar-refractivity contribution in [1.29, 1.82) is 0 Å². The molecule has 1 aromatic rings. The number of rotatable bonds is 3. The van der Waals surface area contributed by atoms with Gasteiger partial charge in [0.1, 0.15) is 17.5 Å². The zero-order valence-electron chi connectivity index (χ0n) is 13.7. The Kier molecular flexibility index (Phi) is 4.71. The second-order valence-electron chi connectivity index (χ2n) is 7.07. The van der Waals surface area contributed by atoms with Crippen LogP contribution in [-0.4, -0.2) is 65.9 Å². The largest absolute Gasteiger partial charge is 0.487 e. The first-order chi connectivity index (χ1) is 10.5. The number of piperidine rings is 2. The molecule has 0 aliphatic carbocycles. The van der Waals surface area contributed by atoms with Gasteiger partial charge in [0.25, 0.3) is 0 Å². The third-order valence-electron chi connectivity index (χ3n) is 5.12. The van der Waals surface area contributed by atoms with Gasteiger partial charge in [-0.25, -0.2) is 0 Å². The van der Waals surface area contributed by atoms with Crippen molar-refractivity contribution in [3.8, 4) is 5.75 Å². The van der Waals surface area contributed by atoms with Crippen molar-refractivity contribution < 1.29 is 9.84 Å². The van der Waals surface area contributed by atoms with E-state index >= 15 is 0 Å². The summed E-state index contributed by atoms with van der Waals surface area (Å²) < 4.78 is 6.04. The smallest absolute Gasteiger partial charge is 0.129 e. The molecule has 2 aliphatic rings. The van der Waals surface area contributed by atoms with E-state index in [0.29, 0.717) is 12.6 Å². The predicted molar refractivity (Wildman–Crippen MR) is 88.2 cm³/mol. The lowest BCUT2D eigenvalue weighted by Crippen LogP contribution is -2.60. The summed E-state index contributed by atoms with van der Waals surface area (Å²) in [5, 5.41) is 10.9. The highest BCUT2D eigenvalue weighted by Gasteiger charge is 2.41. The third-order valence-corrected chi connectivity index (χ3v) is 5.12. The lowest BCUT2D eigenvalue weighted by molar-refractivity contribution is -0.109. The summed E-state index contributed by atoms with van der Waals surface area (Å²) in [5.74, 6) is 0.848. The van der Waals surface area contributed by atoms with Gasteiger partial charge >= 0.3 is 0 Å². The molecule has 122 valence electrons. The summed E-state index contributed by atoms with van der Waals surface area (Å²) in [7, 11) is 2.19. The molecule has 2 heterocycles. The van der Waals surface area contributed by atoms with Crippen molar-refractivity contribution >= 4 is 0 Å². The molecule has 1 N–H and O–H groups in total. The van der Waals surface area contributed by atoms with E-state index in [0.717, 1.165) is 31.8 Å². The molecule has 0 bridgehead atoms. The molecule has 0 amide bonds. The van der Waals surface area contributed by atoms with Crippen LogP contribution in [0.2, 0.25) is 0 Å². The Hall–Kier alpha value is -1.10. The number of nitrogens with zero attached hydrogens (tertiary/aromatic N) is 2. The minimum Gasteiger partial charge on any atom is -0.487 e. The summed E-state index contributed by atoms with van der Waals surface area (Å²) in [6.07, 6.45) is 3.17. The molecule has 0 radical (unpaired) electrons. The van der Waals surface area contributed by atoms with Crippen LogP contribution in [0.4, 0.5) is 0 Å². The van der Waals surface area contributed by atoms with Crippen molar-refractivity contribution in [2.75, 3.05) is 33.2 Å². The molecule has 1 aromatic carbocycles. The van der Waals surface area contributed by atoms with Crippen molar-refractivity contribution in [3.63, 3.8) is 0 Å². The maximum absolute atomic E-state index is 10.9. The number of benzene rings is 1. The molecule has 22 heavy (non-hydrogen) atoms. The van der Waals surface area contributed by atoms with Crippen LogP contribution in [0.1, 0.15) is 26.2 Å². The van der Waals surface area contributed by atoms with Gasteiger partial charge in [0.15, 0.2) is 0 Å². The Morgan fingerprint density at radius 3 is 2.41 bits per heavy atom. The molecule has 4 heteroatoms. The van der Waals surface area contributed by atoms with E-state index in [1.54, 1.807) is 0 Å². The average Bonchev–Trinajstić information content (AvgIpc) is 2.51. The van der Waals surface area contributed by atoms with Crippen LogP contribution >= 0.6 is 0 Å². The minimum absolute atomic E-state index is 0.127. The lowest BCUT2D eigenvalue weighted by Gasteiger charge is -2.47. The maximum atomic E-state index is 10.9. The fourth-order valence-electron chi connectivity index (χ4n) is 3.71. The number of hydrogen-bond acceptors (Lipinski definition) is 4. The van der Waals surface area contributed by atoms with Gasteiger partial charge < -0.3 is 14.7 Å². The molecule has 4 nitrogen and oxygen atoms in total. The number of hydrogen-bond donors (Lipinski definition) is 1. The summed E-state index contributed by atoms with van der Waals surface area (Å²) >= 11 is 0. The topological polar surface area (TPSA) is 35.9 Å². The Labute approximate surface area is 133 Å². The van der Waals surface area contributed by atoms with Gasteiger partial charge in [-0.15, -0.1) is 0 Å². The first-order valence-corrected chi connectivity index (χ1v) is 8.41. The second kappa shape index (κ2) is 6.57. The van der Waals surface area contributed by atoms with Gasteiger partial charge in [0.2, 0.25) is 0 Å². The van der Waals surface area contributed by atoms with Crippen LogP contribution in [0.3, 0.4) is 0 Å². The Morgan fingerprint density at radius 1 is 1.09 bits per heavy atom. The average molecular weight is 304 g/mol. The quantitative estimate of drug-likeness (QED) is 0.926. The van der Waals surface area contributed by atoms with E-state index < -0.39 is 5.60 Å². The molecule has 0 spiro atoms. The van der Waals surface area contributed by atoms with Crippen LogP contribution in [-0.2, 0) is 0 Å².